The fourth-order valence-electron chi connectivity index (χ4n) is 1.65. The predicted molar refractivity (Wildman–Crippen MR) is 79.6 cm³/mol. The molecule has 18 heavy (non-hydrogen) atoms. The highest BCUT2D eigenvalue weighted by molar-refractivity contribution is 7.18. The van der Waals surface area contributed by atoms with Gasteiger partial charge in [-0.25, -0.2) is 4.98 Å². The Hall–Kier alpha value is -1.62. The standard InChI is InChI=1S/C13H18N4S/c1-5-6-14-13-16-10-9(4)7-18-11(10)12(17-13)15-8(2)3/h5,7-8H,1,6H2,2-4H3,(H2,14,15,16,17). The Bertz CT molecular complexity index is 559. The summed E-state index contributed by atoms with van der Waals surface area (Å²) in [7, 11) is 0. The monoisotopic (exact) mass is 262 g/mol. The Kier molecular flexibility index (Phi) is 3.81. The molecule has 0 aromatic carbocycles. The quantitative estimate of drug-likeness (QED) is 0.811. The van der Waals surface area contributed by atoms with Gasteiger partial charge >= 0.3 is 0 Å². The van der Waals surface area contributed by atoms with E-state index in [4.69, 9.17) is 0 Å². The molecule has 2 heterocycles. The van der Waals surface area contributed by atoms with Gasteiger partial charge in [0.1, 0.15) is 5.82 Å². The van der Waals surface area contributed by atoms with Gasteiger partial charge < -0.3 is 10.6 Å². The van der Waals surface area contributed by atoms with Crippen LogP contribution in [0.25, 0.3) is 10.2 Å². The van der Waals surface area contributed by atoms with Crippen molar-refractivity contribution in [3.05, 3.63) is 23.6 Å². The fourth-order valence-corrected chi connectivity index (χ4v) is 2.59. The van der Waals surface area contributed by atoms with Crippen molar-refractivity contribution in [2.45, 2.75) is 26.8 Å². The van der Waals surface area contributed by atoms with Crippen LogP contribution in [0.3, 0.4) is 0 Å². The summed E-state index contributed by atoms with van der Waals surface area (Å²) < 4.78 is 1.12. The molecular formula is C13H18N4S. The molecule has 2 N–H and O–H groups in total. The number of fused-ring (bicyclic) bond motifs is 1. The third-order valence-corrected chi connectivity index (χ3v) is 3.52. The highest BCUT2D eigenvalue weighted by atomic mass is 32.1. The third kappa shape index (κ3) is 2.61. The average molecular weight is 262 g/mol. The summed E-state index contributed by atoms with van der Waals surface area (Å²) in [6.07, 6.45) is 1.80. The van der Waals surface area contributed by atoms with Crippen LogP contribution >= 0.6 is 11.3 Å². The minimum Gasteiger partial charge on any atom is -0.367 e. The molecule has 0 saturated carbocycles. The number of aryl methyl sites for hydroxylation is 1. The van der Waals surface area contributed by atoms with E-state index in [1.54, 1.807) is 17.4 Å². The van der Waals surface area contributed by atoms with Crippen LogP contribution in [0, 0.1) is 6.92 Å². The van der Waals surface area contributed by atoms with Crippen molar-refractivity contribution in [2.24, 2.45) is 0 Å². The van der Waals surface area contributed by atoms with E-state index in [1.165, 1.54) is 5.56 Å². The van der Waals surface area contributed by atoms with Crippen LogP contribution in [0.5, 0.6) is 0 Å². The summed E-state index contributed by atoms with van der Waals surface area (Å²) >= 11 is 1.68. The number of nitrogens with zero attached hydrogens (tertiary/aromatic N) is 2. The molecule has 2 aromatic heterocycles. The predicted octanol–water partition coefficient (Wildman–Crippen LogP) is 3.42. The summed E-state index contributed by atoms with van der Waals surface area (Å²) in [6.45, 7) is 10.6. The molecule has 0 spiro atoms. The Balaban J connectivity index is 2.47. The maximum atomic E-state index is 4.54. The van der Waals surface area contributed by atoms with E-state index in [0.717, 1.165) is 16.0 Å². The molecule has 0 aliphatic carbocycles. The van der Waals surface area contributed by atoms with Crippen LogP contribution in [-0.4, -0.2) is 22.6 Å². The average Bonchev–Trinajstić information content (AvgIpc) is 2.68. The maximum absolute atomic E-state index is 4.54. The van der Waals surface area contributed by atoms with Gasteiger partial charge in [0.05, 0.1) is 10.2 Å². The molecule has 5 heteroatoms. The third-order valence-electron chi connectivity index (χ3n) is 2.42. The first-order valence-corrected chi connectivity index (χ1v) is 6.87. The van der Waals surface area contributed by atoms with Gasteiger partial charge in [-0.05, 0) is 31.7 Å². The van der Waals surface area contributed by atoms with E-state index in [2.05, 4.69) is 53.3 Å². The zero-order valence-electron chi connectivity index (χ0n) is 10.9. The second-order valence-corrected chi connectivity index (χ2v) is 5.34. The molecule has 0 radical (unpaired) electrons. The van der Waals surface area contributed by atoms with Crippen molar-refractivity contribution < 1.29 is 0 Å². The molecule has 0 atom stereocenters. The number of thiophene rings is 1. The smallest absolute Gasteiger partial charge is 0.225 e. The second-order valence-electron chi connectivity index (χ2n) is 4.46. The highest BCUT2D eigenvalue weighted by Crippen LogP contribution is 2.30. The van der Waals surface area contributed by atoms with Gasteiger partial charge in [-0.3, -0.25) is 0 Å². The first kappa shape index (κ1) is 12.8. The van der Waals surface area contributed by atoms with Gasteiger partial charge in [0.25, 0.3) is 0 Å². The van der Waals surface area contributed by atoms with Crippen LogP contribution in [0.2, 0.25) is 0 Å². The minimum absolute atomic E-state index is 0.345. The number of anilines is 2. The molecule has 0 aliphatic heterocycles. The number of hydrogen-bond donors (Lipinski definition) is 2. The Morgan fingerprint density at radius 3 is 2.89 bits per heavy atom. The number of nitrogens with one attached hydrogen (secondary N) is 2. The van der Waals surface area contributed by atoms with Crippen molar-refractivity contribution in [3.63, 3.8) is 0 Å². The lowest BCUT2D eigenvalue weighted by molar-refractivity contribution is 0.891. The molecule has 0 aliphatic rings. The van der Waals surface area contributed by atoms with Crippen molar-refractivity contribution in [1.82, 2.24) is 9.97 Å². The first-order valence-electron chi connectivity index (χ1n) is 5.99. The summed E-state index contributed by atoms with van der Waals surface area (Å²) in [4.78, 5) is 9.06. The zero-order valence-corrected chi connectivity index (χ0v) is 11.8. The van der Waals surface area contributed by atoms with Crippen molar-refractivity contribution in [2.75, 3.05) is 17.2 Å². The molecule has 0 bridgehead atoms. The normalized spacial score (nSPS) is 10.9. The van der Waals surface area contributed by atoms with Gasteiger partial charge in [-0.1, -0.05) is 6.08 Å². The number of aromatic nitrogens is 2. The molecule has 96 valence electrons. The molecule has 0 saturated heterocycles. The molecule has 0 unspecified atom stereocenters. The number of hydrogen-bond acceptors (Lipinski definition) is 5. The van der Waals surface area contributed by atoms with Crippen LogP contribution in [0.15, 0.2) is 18.0 Å². The Morgan fingerprint density at radius 1 is 1.44 bits per heavy atom. The lowest BCUT2D eigenvalue weighted by Crippen LogP contribution is -2.13. The molecule has 2 aromatic rings. The summed E-state index contributed by atoms with van der Waals surface area (Å²) in [6, 6.07) is 0.345. The zero-order chi connectivity index (χ0) is 13.1. The van der Waals surface area contributed by atoms with Gasteiger partial charge in [0, 0.05) is 12.6 Å². The van der Waals surface area contributed by atoms with E-state index in [1.807, 2.05) is 0 Å². The maximum Gasteiger partial charge on any atom is 0.225 e. The van der Waals surface area contributed by atoms with Crippen molar-refractivity contribution >= 4 is 33.3 Å². The molecular weight excluding hydrogens is 244 g/mol. The molecule has 2 rings (SSSR count). The van der Waals surface area contributed by atoms with E-state index in [9.17, 15) is 0 Å². The Morgan fingerprint density at radius 2 is 2.22 bits per heavy atom. The Labute approximate surface area is 111 Å². The lowest BCUT2D eigenvalue weighted by Gasteiger charge is -2.11. The molecule has 0 amide bonds. The topological polar surface area (TPSA) is 49.8 Å². The van der Waals surface area contributed by atoms with E-state index in [-0.39, 0.29) is 0 Å². The van der Waals surface area contributed by atoms with Gasteiger partial charge in [0.2, 0.25) is 5.95 Å². The van der Waals surface area contributed by atoms with Gasteiger partial charge in [-0.2, -0.15) is 4.98 Å². The van der Waals surface area contributed by atoms with Crippen LogP contribution in [0.4, 0.5) is 11.8 Å². The summed E-state index contributed by atoms with van der Waals surface area (Å²) in [5.74, 6) is 1.55. The van der Waals surface area contributed by atoms with Crippen LogP contribution in [0.1, 0.15) is 19.4 Å². The van der Waals surface area contributed by atoms with E-state index in [0.29, 0.717) is 18.5 Å². The number of rotatable bonds is 5. The van der Waals surface area contributed by atoms with Gasteiger partial charge in [0.15, 0.2) is 0 Å². The highest BCUT2D eigenvalue weighted by Gasteiger charge is 2.11. The van der Waals surface area contributed by atoms with Crippen LogP contribution in [-0.2, 0) is 0 Å². The first-order chi connectivity index (χ1) is 8.61. The lowest BCUT2D eigenvalue weighted by atomic mass is 10.3. The molecule has 0 fully saturated rings. The second kappa shape index (κ2) is 5.35. The van der Waals surface area contributed by atoms with Crippen molar-refractivity contribution in [1.29, 1.82) is 0 Å². The largest absolute Gasteiger partial charge is 0.367 e. The molecule has 4 nitrogen and oxygen atoms in total. The fraction of sp³-hybridized carbons (Fsp3) is 0.385. The van der Waals surface area contributed by atoms with Crippen molar-refractivity contribution in [3.8, 4) is 0 Å². The minimum atomic E-state index is 0.345. The van der Waals surface area contributed by atoms with E-state index < -0.39 is 0 Å². The summed E-state index contributed by atoms with van der Waals surface area (Å²) in [5, 5.41) is 8.63. The summed E-state index contributed by atoms with van der Waals surface area (Å²) in [5.41, 5.74) is 2.20. The SMILES string of the molecule is C=CCNc1nc(NC(C)C)c2scc(C)c2n1. The van der Waals surface area contributed by atoms with Gasteiger partial charge in [-0.15, -0.1) is 17.9 Å². The van der Waals surface area contributed by atoms with E-state index >= 15 is 0 Å². The van der Waals surface area contributed by atoms with Crippen LogP contribution < -0.4 is 10.6 Å².